The van der Waals surface area contributed by atoms with Gasteiger partial charge in [-0.25, -0.2) is 18.5 Å². The highest BCUT2D eigenvalue weighted by molar-refractivity contribution is 7.66. The second-order valence-corrected chi connectivity index (χ2v) is 15.8. The molecule has 0 radical (unpaired) electrons. The summed E-state index contributed by atoms with van der Waals surface area (Å²) < 4.78 is 60.4. The Morgan fingerprint density at radius 1 is 0.792 bits per heavy atom. The van der Waals surface area contributed by atoms with Gasteiger partial charge in [-0.2, -0.15) is 8.62 Å². The molecule has 19 nitrogen and oxygen atoms in total. The molecule has 6 atom stereocenters. The van der Waals surface area contributed by atoms with Crippen LogP contribution >= 0.6 is 23.5 Å². The van der Waals surface area contributed by atoms with E-state index in [1.807, 2.05) is 0 Å². The van der Waals surface area contributed by atoms with Gasteiger partial charge in [0.05, 0.1) is 19.3 Å². The van der Waals surface area contributed by atoms with Crippen molar-refractivity contribution >= 4 is 23.5 Å². The van der Waals surface area contributed by atoms with Crippen LogP contribution in [0.15, 0.2) is 15.8 Å². The van der Waals surface area contributed by atoms with Crippen molar-refractivity contribution in [1.29, 1.82) is 0 Å². The molecule has 1 aromatic heterocycles. The number of hydrogen-bond donors (Lipinski definition) is 8. The molecule has 1 aliphatic heterocycles. The number of phosphoric acid groups is 3. The van der Waals surface area contributed by atoms with Gasteiger partial charge in [-0.1, -0.05) is 90.4 Å². The highest BCUT2D eigenvalue weighted by Gasteiger charge is 2.43. The monoisotopic (exact) mass is 757 g/mol. The molecule has 1 aromatic rings. The minimum atomic E-state index is -5.64. The summed E-state index contributed by atoms with van der Waals surface area (Å²) in [6.45, 7) is 2.57. The van der Waals surface area contributed by atoms with Gasteiger partial charge in [0.2, 0.25) is 0 Å². The number of H-pyrrole nitrogens is 1. The van der Waals surface area contributed by atoms with Crippen molar-refractivity contribution in [1.82, 2.24) is 28.0 Å². The normalized spacial score (nSPS) is 21.2. The number of hydrogen-bond acceptors (Lipinski definition) is 14. The van der Waals surface area contributed by atoms with Gasteiger partial charge in [-0.05, 0) is 13.3 Å². The summed E-state index contributed by atoms with van der Waals surface area (Å²) in [6, 6.07) is 0. The average Bonchev–Trinajstić information content (AvgIpc) is 3.30. The second kappa shape index (κ2) is 24.1. The van der Waals surface area contributed by atoms with Crippen LogP contribution in [-0.2, 0) is 36.1 Å². The number of nitrogens with one attached hydrogen (secondary N) is 1. The number of unbranched alkanes of at least 4 members (excludes halogenated alkanes) is 13. The zero-order valence-electron chi connectivity index (χ0n) is 28.1. The number of aromatic amines is 1. The summed E-state index contributed by atoms with van der Waals surface area (Å²) in [5.74, 6) is 0. The van der Waals surface area contributed by atoms with E-state index < -0.39 is 59.8 Å². The Morgan fingerprint density at radius 3 is 1.75 bits per heavy atom. The fourth-order valence-corrected chi connectivity index (χ4v) is 8.35. The summed E-state index contributed by atoms with van der Waals surface area (Å²) in [4.78, 5) is 55.1. The zero-order chi connectivity index (χ0) is 33.5. The predicted octanol–water partition coefficient (Wildman–Crippen LogP) is 5.83. The van der Waals surface area contributed by atoms with Crippen LogP contribution in [0.2, 0.25) is 0 Å². The van der Waals surface area contributed by atoms with Gasteiger partial charge in [0, 0.05) is 18.2 Å². The maximum atomic E-state index is 12.2. The molecule has 0 spiro atoms. The van der Waals surface area contributed by atoms with E-state index in [-0.39, 0.29) is 37.0 Å². The van der Waals surface area contributed by atoms with E-state index in [9.17, 15) is 43.1 Å². The highest BCUT2D eigenvalue weighted by atomic mass is 31.3. The van der Waals surface area contributed by atoms with Crippen molar-refractivity contribution in [3.63, 3.8) is 0 Å². The molecule has 3 unspecified atom stereocenters. The summed E-state index contributed by atoms with van der Waals surface area (Å²) in [5, 5.41) is 10.2. The molecule has 286 valence electrons. The van der Waals surface area contributed by atoms with Gasteiger partial charge in [-0.3, -0.25) is 23.4 Å². The van der Waals surface area contributed by atoms with Crippen LogP contribution in [-0.4, -0.2) is 54.8 Å². The number of nitrogens with zero attached hydrogens (tertiary/aromatic N) is 1. The van der Waals surface area contributed by atoms with Gasteiger partial charge in [0.25, 0.3) is 5.56 Å². The van der Waals surface area contributed by atoms with Crippen LogP contribution in [0.4, 0.5) is 0 Å². The third-order valence-corrected chi connectivity index (χ3v) is 11.5. The van der Waals surface area contributed by atoms with E-state index in [0.29, 0.717) is 12.8 Å². The Balaban J connectivity index is 0. The van der Waals surface area contributed by atoms with E-state index in [0.717, 1.165) is 23.8 Å². The van der Waals surface area contributed by atoms with Gasteiger partial charge in [-0.15, -0.1) is 0 Å². The standard InChI is InChI=1S/C26H49N2O14P3.3H3N/c1-3-4-5-6-7-8-9-10-11-12-13-14-15-16-17-38-43(32,33)41-45(36,37)42-44(34,35)39-20-23-22(29)18-24(40-23)28-19-21(2)25(30)27-26(28)31;;;/h19,22-24,29H,3-18,20H2,1-2H3,(H,32,33)(H,34,35)(H,36,37)(H,27,30,31);3*1H3/t22-,23+,24+;;;/m0.../s1. The minimum absolute atomic E-state index is 0. The van der Waals surface area contributed by atoms with Crippen molar-refractivity contribution < 1.29 is 55.9 Å². The lowest BCUT2D eigenvalue weighted by Gasteiger charge is -2.20. The maximum absolute atomic E-state index is 12.2. The molecule has 14 N–H and O–H groups in total. The minimum Gasteiger partial charge on any atom is -0.390 e. The third kappa shape index (κ3) is 19.3. The van der Waals surface area contributed by atoms with Gasteiger partial charge in [0.15, 0.2) is 0 Å². The SMILES string of the molecule is CCCCCCCCCCCCCCCCOP(=O)(O)OP(=O)(O)OP(=O)(O)OC[C@H]1O[C@@H](n2cc(C)c(=O)[nH]c2=O)C[C@@H]1O.N.N.N. The summed E-state index contributed by atoms with van der Waals surface area (Å²) in [6.07, 6.45) is 13.0. The van der Waals surface area contributed by atoms with Gasteiger partial charge in [0.1, 0.15) is 12.3 Å². The van der Waals surface area contributed by atoms with E-state index >= 15 is 0 Å². The van der Waals surface area contributed by atoms with Crippen molar-refractivity contribution in [3.8, 4) is 0 Å². The summed E-state index contributed by atoms with van der Waals surface area (Å²) in [7, 11) is -16.2. The molecule has 0 aromatic carbocycles. The second-order valence-electron chi connectivity index (χ2n) is 11.2. The zero-order valence-corrected chi connectivity index (χ0v) is 30.8. The summed E-state index contributed by atoms with van der Waals surface area (Å²) >= 11 is 0. The Morgan fingerprint density at radius 2 is 1.25 bits per heavy atom. The molecule has 22 heteroatoms. The van der Waals surface area contributed by atoms with Crippen LogP contribution in [0.3, 0.4) is 0 Å². The van der Waals surface area contributed by atoms with Crippen LogP contribution in [0.5, 0.6) is 0 Å². The Kier molecular flexibility index (Phi) is 24.6. The van der Waals surface area contributed by atoms with Crippen LogP contribution in [0.1, 0.15) is 115 Å². The molecular formula is C26H58N5O14P3. The van der Waals surface area contributed by atoms with Crippen LogP contribution in [0, 0.1) is 6.92 Å². The fourth-order valence-electron chi connectivity index (χ4n) is 4.80. The molecule has 1 saturated heterocycles. The molecule has 2 heterocycles. The van der Waals surface area contributed by atoms with E-state index in [1.165, 1.54) is 70.9 Å². The first-order valence-corrected chi connectivity index (χ1v) is 20.0. The Bertz CT molecular complexity index is 1300. The molecule has 0 amide bonds. The topological polar surface area (TPSA) is 338 Å². The molecule has 0 bridgehead atoms. The molecule has 2 rings (SSSR count). The molecular weight excluding hydrogens is 699 g/mol. The number of rotatable bonds is 24. The van der Waals surface area contributed by atoms with Gasteiger partial charge >= 0.3 is 29.2 Å². The van der Waals surface area contributed by atoms with E-state index in [2.05, 4.69) is 29.6 Å². The fraction of sp³-hybridized carbons (Fsp3) is 0.846. The first kappa shape index (κ1) is 49.0. The molecule has 0 aliphatic carbocycles. The highest BCUT2D eigenvalue weighted by Crippen LogP contribution is 2.67. The first-order valence-electron chi connectivity index (χ1n) is 15.5. The lowest BCUT2D eigenvalue weighted by Crippen LogP contribution is -2.33. The van der Waals surface area contributed by atoms with Crippen molar-refractivity contribution in [2.24, 2.45) is 0 Å². The van der Waals surface area contributed by atoms with Crippen molar-refractivity contribution in [2.45, 2.75) is 129 Å². The number of aryl methyl sites for hydroxylation is 1. The number of ether oxygens (including phenoxy) is 1. The van der Waals surface area contributed by atoms with Crippen molar-refractivity contribution in [2.75, 3.05) is 13.2 Å². The quantitative estimate of drug-likeness (QED) is 0.0454. The number of aliphatic hydroxyl groups is 1. The smallest absolute Gasteiger partial charge is 0.390 e. The first-order chi connectivity index (χ1) is 21.1. The lowest BCUT2D eigenvalue weighted by atomic mass is 10.0. The summed E-state index contributed by atoms with van der Waals surface area (Å²) in [5.41, 5.74) is -1.21. The Labute approximate surface area is 281 Å². The van der Waals surface area contributed by atoms with E-state index in [1.54, 1.807) is 0 Å². The lowest BCUT2D eigenvalue weighted by molar-refractivity contribution is -0.0450. The third-order valence-electron chi connectivity index (χ3n) is 7.23. The van der Waals surface area contributed by atoms with Gasteiger partial charge < -0.3 is 43.0 Å². The van der Waals surface area contributed by atoms with Crippen LogP contribution < -0.4 is 29.7 Å². The number of phosphoric ester groups is 2. The molecule has 1 fully saturated rings. The van der Waals surface area contributed by atoms with E-state index in [4.69, 9.17) is 4.74 Å². The predicted molar refractivity (Wildman–Crippen MR) is 180 cm³/mol. The molecule has 48 heavy (non-hydrogen) atoms. The largest absolute Gasteiger partial charge is 0.490 e. The average molecular weight is 758 g/mol. The number of aromatic nitrogens is 2. The maximum Gasteiger partial charge on any atom is 0.490 e. The van der Waals surface area contributed by atoms with Crippen molar-refractivity contribution in [3.05, 3.63) is 32.6 Å². The van der Waals surface area contributed by atoms with Crippen LogP contribution in [0.25, 0.3) is 0 Å². The Hall–Kier alpha value is -1.11. The number of aliphatic hydroxyl groups excluding tert-OH is 1. The molecule has 1 aliphatic rings. The molecule has 0 saturated carbocycles.